The Hall–Kier alpha value is -1.80. The fourth-order valence-corrected chi connectivity index (χ4v) is 2.38. The van der Waals surface area contributed by atoms with Crippen molar-refractivity contribution in [1.82, 2.24) is 9.88 Å². The summed E-state index contributed by atoms with van der Waals surface area (Å²) in [7, 11) is 0. The van der Waals surface area contributed by atoms with E-state index in [4.69, 9.17) is 11.0 Å². The van der Waals surface area contributed by atoms with Gasteiger partial charge in [0, 0.05) is 32.2 Å². The van der Waals surface area contributed by atoms with Crippen molar-refractivity contribution in [2.24, 2.45) is 0 Å². The summed E-state index contributed by atoms with van der Waals surface area (Å²) >= 11 is 0. The molecule has 0 bridgehead atoms. The molecule has 102 valence electrons. The second-order valence-electron chi connectivity index (χ2n) is 5.00. The average Bonchev–Trinajstić information content (AvgIpc) is 2.47. The van der Waals surface area contributed by atoms with Crippen molar-refractivity contribution < 1.29 is 0 Å². The van der Waals surface area contributed by atoms with Gasteiger partial charge in [-0.15, -0.1) is 0 Å². The van der Waals surface area contributed by atoms with Crippen LogP contribution >= 0.6 is 0 Å². The molecule has 19 heavy (non-hydrogen) atoms. The quantitative estimate of drug-likeness (QED) is 0.890. The predicted octanol–water partition coefficient (Wildman–Crippen LogP) is 1.46. The van der Waals surface area contributed by atoms with Gasteiger partial charge in [0.1, 0.15) is 11.9 Å². The molecule has 5 heteroatoms. The second kappa shape index (κ2) is 5.89. The Kier molecular flexibility index (Phi) is 4.23. The van der Waals surface area contributed by atoms with Crippen molar-refractivity contribution in [3.8, 4) is 6.07 Å². The summed E-state index contributed by atoms with van der Waals surface area (Å²) in [6.45, 7) is 8.48. The monoisotopic (exact) mass is 259 g/mol. The average molecular weight is 259 g/mol. The van der Waals surface area contributed by atoms with Gasteiger partial charge in [-0.3, -0.25) is 4.90 Å². The summed E-state index contributed by atoms with van der Waals surface area (Å²) < 4.78 is 0. The molecule has 1 fully saturated rings. The Morgan fingerprint density at radius 3 is 2.63 bits per heavy atom. The van der Waals surface area contributed by atoms with Crippen LogP contribution in [0, 0.1) is 11.3 Å². The summed E-state index contributed by atoms with van der Waals surface area (Å²) in [5.41, 5.74) is 6.47. The maximum absolute atomic E-state index is 8.97. The molecule has 0 aliphatic carbocycles. The smallest absolute Gasteiger partial charge is 0.165 e. The van der Waals surface area contributed by atoms with E-state index in [1.807, 2.05) is 12.1 Å². The minimum atomic E-state index is 0.321. The first kappa shape index (κ1) is 13.6. The van der Waals surface area contributed by atoms with Gasteiger partial charge in [0.25, 0.3) is 0 Å². The first-order valence-corrected chi connectivity index (χ1v) is 6.81. The molecule has 0 amide bonds. The summed E-state index contributed by atoms with van der Waals surface area (Å²) in [4.78, 5) is 9.05. The molecule has 0 spiro atoms. The molecule has 1 aromatic rings. The minimum Gasteiger partial charge on any atom is -0.396 e. The lowest BCUT2D eigenvalue weighted by Crippen LogP contribution is -2.49. The maximum Gasteiger partial charge on any atom is 0.165 e. The van der Waals surface area contributed by atoms with E-state index in [1.54, 1.807) is 6.07 Å². The van der Waals surface area contributed by atoms with E-state index in [1.165, 1.54) is 6.42 Å². The zero-order valence-corrected chi connectivity index (χ0v) is 11.6. The SMILES string of the molecule is CCC(C)N1CCN(c2ccc(N)c(C#N)n2)CC1. The lowest BCUT2D eigenvalue weighted by atomic mass is 10.2. The molecule has 0 saturated carbocycles. The van der Waals surface area contributed by atoms with Gasteiger partial charge < -0.3 is 10.6 Å². The van der Waals surface area contributed by atoms with Gasteiger partial charge in [-0.05, 0) is 25.5 Å². The van der Waals surface area contributed by atoms with Crippen molar-refractivity contribution in [2.45, 2.75) is 26.3 Å². The van der Waals surface area contributed by atoms with Crippen LogP contribution in [0.4, 0.5) is 11.5 Å². The van der Waals surface area contributed by atoms with E-state index in [0.29, 0.717) is 17.4 Å². The van der Waals surface area contributed by atoms with Crippen LogP contribution in [0.25, 0.3) is 0 Å². The van der Waals surface area contributed by atoms with E-state index in [9.17, 15) is 0 Å². The number of hydrogen-bond acceptors (Lipinski definition) is 5. The topological polar surface area (TPSA) is 69.2 Å². The Bertz CT molecular complexity index is 471. The van der Waals surface area contributed by atoms with Crippen molar-refractivity contribution in [1.29, 1.82) is 5.26 Å². The van der Waals surface area contributed by atoms with Crippen LogP contribution in [0.2, 0.25) is 0 Å². The number of piperazine rings is 1. The fraction of sp³-hybridized carbons (Fsp3) is 0.571. The Morgan fingerprint density at radius 1 is 1.37 bits per heavy atom. The van der Waals surface area contributed by atoms with Gasteiger partial charge in [-0.25, -0.2) is 4.98 Å². The number of pyridine rings is 1. The van der Waals surface area contributed by atoms with E-state index >= 15 is 0 Å². The largest absolute Gasteiger partial charge is 0.396 e. The zero-order chi connectivity index (χ0) is 13.8. The highest BCUT2D eigenvalue weighted by Gasteiger charge is 2.21. The molecule has 2 rings (SSSR count). The standard InChI is InChI=1S/C14H21N5/c1-3-11(2)18-6-8-19(9-7-18)14-5-4-12(16)13(10-15)17-14/h4-5,11H,3,6-9,16H2,1-2H3. The van der Waals surface area contributed by atoms with E-state index in [-0.39, 0.29) is 0 Å². The summed E-state index contributed by atoms with van der Waals surface area (Å²) in [5, 5.41) is 8.97. The molecule has 1 unspecified atom stereocenters. The Morgan fingerprint density at radius 2 is 2.05 bits per heavy atom. The molecule has 1 atom stereocenters. The van der Waals surface area contributed by atoms with Crippen LogP contribution in [0.15, 0.2) is 12.1 Å². The number of nitrogens with two attached hydrogens (primary N) is 1. The van der Waals surface area contributed by atoms with E-state index in [0.717, 1.165) is 32.0 Å². The first-order valence-electron chi connectivity index (χ1n) is 6.81. The zero-order valence-electron chi connectivity index (χ0n) is 11.6. The number of nitrogens with zero attached hydrogens (tertiary/aromatic N) is 4. The van der Waals surface area contributed by atoms with Gasteiger partial charge in [0.2, 0.25) is 0 Å². The molecule has 2 N–H and O–H groups in total. The summed E-state index contributed by atoms with van der Waals surface area (Å²) in [6, 6.07) is 6.34. The molecule has 1 aliphatic rings. The summed E-state index contributed by atoms with van der Waals surface area (Å²) in [5.74, 6) is 0.856. The van der Waals surface area contributed by atoms with E-state index in [2.05, 4.69) is 28.6 Å². The number of nitrogen functional groups attached to an aromatic ring is 1. The third-order valence-electron chi connectivity index (χ3n) is 3.87. The van der Waals surface area contributed by atoms with Gasteiger partial charge >= 0.3 is 0 Å². The number of rotatable bonds is 3. The van der Waals surface area contributed by atoms with Gasteiger partial charge in [-0.1, -0.05) is 6.92 Å². The Labute approximate surface area is 114 Å². The molecule has 1 aliphatic heterocycles. The van der Waals surface area contributed by atoms with Crippen LogP contribution in [0.5, 0.6) is 0 Å². The normalized spacial score (nSPS) is 18.1. The first-order chi connectivity index (χ1) is 9.15. The molecule has 1 saturated heterocycles. The molecule has 2 heterocycles. The molecule has 0 aromatic carbocycles. The second-order valence-corrected chi connectivity index (χ2v) is 5.00. The van der Waals surface area contributed by atoms with Gasteiger partial charge in [0.05, 0.1) is 5.69 Å². The van der Waals surface area contributed by atoms with Crippen LogP contribution in [-0.4, -0.2) is 42.1 Å². The van der Waals surface area contributed by atoms with Crippen LogP contribution in [0.1, 0.15) is 26.0 Å². The third kappa shape index (κ3) is 2.96. The fourth-order valence-electron chi connectivity index (χ4n) is 2.38. The van der Waals surface area contributed by atoms with Gasteiger partial charge in [0.15, 0.2) is 5.69 Å². The van der Waals surface area contributed by atoms with Crippen molar-refractivity contribution in [3.63, 3.8) is 0 Å². The minimum absolute atomic E-state index is 0.321. The lowest BCUT2D eigenvalue weighted by Gasteiger charge is -2.38. The summed E-state index contributed by atoms with van der Waals surface area (Å²) in [6.07, 6.45) is 1.18. The Balaban J connectivity index is 2.04. The van der Waals surface area contributed by atoms with Crippen molar-refractivity contribution in [2.75, 3.05) is 36.8 Å². The maximum atomic E-state index is 8.97. The molecular formula is C14H21N5. The molecule has 1 aromatic heterocycles. The third-order valence-corrected chi connectivity index (χ3v) is 3.87. The molecule has 5 nitrogen and oxygen atoms in total. The number of nitriles is 1. The van der Waals surface area contributed by atoms with Crippen molar-refractivity contribution in [3.05, 3.63) is 17.8 Å². The predicted molar refractivity (Wildman–Crippen MR) is 76.9 cm³/mol. The highest BCUT2D eigenvalue weighted by atomic mass is 15.3. The highest BCUT2D eigenvalue weighted by Crippen LogP contribution is 2.18. The van der Waals surface area contributed by atoms with Crippen molar-refractivity contribution >= 4 is 11.5 Å². The van der Waals surface area contributed by atoms with Crippen LogP contribution in [0.3, 0.4) is 0 Å². The van der Waals surface area contributed by atoms with Gasteiger partial charge in [-0.2, -0.15) is 5.26 Å². The molecule has 0 radical (unpaired) electrons. The number of hydrogen-bond donors (Lipinski definition) is 1. The highest BCUT2D eigenvalue weighted by molar-refractivity contribution is 5.55. The molecular weight excluding hydrogens is 238 g/mol. The number of anilines is 2. The van der Waals surface area contributed by atoms with E-state index < -0.39 is 0 Å². The lowest BCUT2D eigenvalue weighted by molar-refractivity contribution is 0.192. The van der Waals surface area contributed by atoms with Crippen LogP contribution in [-0.2, 0) is 0 Å². The number of aromatic nitrogens is 1. The van der Waals surface area contributed by atoms with Crippen LogP contribution < -0.4 is 10.6 Å².